The van der Waals surface area contributed by atoms with Crippen LogP contribution in [0.2, 0.25) is 0 Å². The number of fused-ring (bicyclic) bond motifs is 1. The molecule has 1 saturated heterocycles. The summed E-state index contributed by atoms with van der Waals surface area (Å²) in [6.45, 7) is 1.48. The van der Waals surface area contributed by atoms with Gasteiger partial charge in [-0.05, 0) is 12.1 Å². The number of rotatable bonds is 3. The van der Waals surface area contributed by atoms with Gasteiger partial charge in [0.15, 0.2) is 0 Å². The molecule has 5 heteroatoms. The minimum absolute atomic E-state index is 0.150. The highest BCUT2D eigenvalue weighted by atomic mass is 16.5. The van der Waals surface area contributed by atoms with Crippen molar-refractivity contribution in [3.8, 4) is 11.8 Å². The zero-order chi connectivity index (χ0) is 13.1. The van der Waals surface area contributed by atoms with Gasteiger partial charge in [0.2, 0.25) is 0 Å². The SMILES string of the molecule is COc1ccc2cnc(OC3CCOCC3)nc2c1. The van der Waals surface area contributed by atoms with E-state index < -0.39 is 0 Å². The van der Waals surface area contributed by atoms with Gasteiger partial charge in [-0.2, -0.15) is 4.98 Å². The minimum Gasteiger partial charge on any atom is -0.497 e. The van der Waals surface area contributed by atoms with Crippen molar-refractivity contribution >= 4 is 10.9 Å². The second-order valence-electron chi connectivity index (χ2n) is 4.51. The second-order valence-corrected chi connectivity index (χ2v) is 4.51. The van der Waals surface area contributed by atoms with Crippen molar-refractivity contribution in [3.05, 3.63) is 24.4 Å². The van der Waals surface area contributed by atoms with Crippen LogP contribution in [0.4, 0.5) is 0 Å². The van der Waals surface area contributed by atoms with E-state index in [1.165, 1.54) is 0 Å². The lowest BCUT2D eigenvalue weighted by Gasteiger charge is -2.22. The minimum atomic E-state index is 0.150. The summed E-state index contributed by atoms with van der Waals surface area (Å²) >= 11 is 0. The molecular weight excluding hydrogens is 244 g/mol. The molecule has 1 aliphatic heterocycles. The molecule has 0 amide bonds. The fraction of sp³-hybridized carbons (Fsp3) is 0.429. The van der Waals surface area contributed by atoms with E-state index in [9.17, 15) is 0 Å². The highest BCUT2D eigenvalue weighted by Gasteiger charge is 2.16. The predicted molar refractivity (Wildman–Crippen MR) is 70.6 cm³/mol. The summed E-state index contributed by atoms with van der Waals surface area (Å²) in [6.07, 6.45) is 3.70. The van der Waals surface area contributed by atoms with Crippen LogP contribution in [0.1, 0.15) is 12.8 Å². The van der Waals surface area contributed by atoms with Crippen molar-refractivity contribution in [3.63, 3.8) is 0 Å². The van der Waals surface area contributed by atoms with Gasteiger partial charge in [0.25, 0.3) is 0 Å². The number of ether oxygens (including phenoxy) is 3. The lowest BCUT2D eigenvalue weighted by Crippen LogP contribution is -2.26. The largest absolute Gasteiger partial charge is 0.497 e. The Morgan fingerprint density at radius 2 is 2.11 bits per heavy atom. The molecule has 0 spiro atoms. The van der Waals surface area contributed by atoms with Crippen LogP contribution >= 0.6 is 0 Å². The third-order valence-corrected chi connectivity index (χ3v) is 3.21. The van der Waals surface area contributed by atoms with Crippen LogP contribution in [0, 0.1) is 0 Å². The first-order chi connectivity index (χ1) is 9.35. The molecule has 0 radical (unpaired) electrons. The van der Waals surface area contributed by atoms with Gasteiger partial charge in [-0.3, -0.25) is 0 Å². The standard InChI is InChI=1S/C14H16N2O3/c1-17-12-3-2-10-9-15-14(16-13(10)8-12)19-11-4-6-18-7-5-11/h2-3,8-9,11H,4-7H2,1H3. The van der Waals surface area contributed by atoms with Crippen LogP contribution < -0.4 is 9.47 Å². The first-order valence-electron chi connectivity index (χ1n) is 6.40. The first kappa shape index (κ1) is 12.2. The molecule has 5 nitrogen and oxygen atoms in total. The fourth-order valence-corrected chi connectivity index (χ4v) is 2.11. The van der Waals surface area contributed by atoms with E-state index in [1.54, 1.807) is 13.3 Å². The van der Waals surface area contributed by atoms with Crippen molar-refractivity contribution in [2.24, 2.45) is 0 Å². The number of nitrogens with zero attached hydrogens (tertiary/aromatic N) is 2. The maximum atomic E-state index is 5.79. The normalized spacial score (nSPS) is 16.5. The van der Waals surface area contributed by atoms with E-state index >= 15 is 0 Å². The molecule has 0 aliphatic carbocycles. The molecule has 1 aromatic carbocycles. The monoisotopic (exact) mass is 260 g/mol. The van der Waals surface area contributed by atoms with E-state index in [0.717, 1.165) is 42.7 Å². The Labute approximate surface area is 111 Å². The molecule has 0 saturated carbocycles. The maximum Gasteiger partial charge on any atom is 0.317 e. The van der Waals surface area contributed by atoms with Crippen molar-refractivity contribution in [2.45, 2.75) is 18.9 Å². The molecule has 19 heavy (non-hydrogen) atoms. The summed E-state index contributed by atoms with van der Waals surface area (Å²) in [7, 11) is 1.64. The number of benzene rings is 1. The smallest absolute Gasteiger partial charge is 0.317 e. The second kappa shape index (κ2) is 5.40. The average Bonchev–Trinajstić information content (AvgIpc) is 2.47. The van der Waals surface area contributed by atoms with Crippen LogP contribution in [0.15, 0.2) is 24.4 Å². The van der Waals surface area contributed by atoms with Gasteiger partial charge in [-0.25, -0.2) is 4.98 Å². The van der Waals surface area contributed by atoms with E-state index in [-0.39, 0.29) is 6.10 Å². The number of hydrogen-bond donors (Lipinski definition) is 0. The van der Waals surface area contributed by atoms with Crippen LogP contribution in [-0.4, -0.2) is 36.4 Å². The Kier molecular flexibility index (Phi) is 3.46. The van der Waals surface area contributed by atoms with Crippen molar-refractivity contribution in [1.29, 1.82) is 0 Å². The van der Waals surface area contributed by atoms with E-state index in [1.807, 2.05) is 18.2 Å². The number of aromatic nitrogens is 2. The molecule has 2 aromatic rings. The van der Waals surface area contributed by atoms with Crippen molar-refractivity contribution in [1.82, 2.24) is 9.97 Å². The van der Waals surface area contributed by atoms with Gasteiger partial charge in [0.1, 0.15) is 11.9 Å². The molecule has 0 N–H and O–H groups in total. The molecule has 0 unspecified atom stereocenters. The summed E-state index contributed by atoms with van der Waals surface area (Å²) in [5.41, 5.74) is 0.830. The fourth-order valence-electron chi connectivity index (χ4n) is 2.11. The Balaban J connectivity index is 1.83. The molecular formula is C14H16N2O3. The number of methoxy groups -OCH3 is 1. The van der Waals surface area contributed by atoms with Gasteiger partial charge < -0.3 is 14.2 Å². The highest BCUT2D eigenvalue weighted by molar-refractivity contribution is 5.79. The lowest BCUT2D eigenvalue weighted by molar-refractivity contribution is 0.0218. The average molecular weight is 260 g/mol. The first-order valence-corrected chi connectivity index (χ1v) is 6.40. The Morgan fingerprint density at radius 1 is 1.26 bits per heavy atom. The van der Waals surface area contributed by atoms with E-state index in [2.05, 4.69) is 9.97 Å². The van der Waals surface area contributed by atoms with Crippen molar-refractivity contribution < 1.29 is 14.2 Å². The molecule has 3 rings (SSSR count). The van der Waals surface area contributed by atoms with Crippen LogP contribution in [-0.2, 0) is 4.74 Å². The molecule has 0 atom stereocenters. The molecule has 100 valence electrons. The Bertz CT molecular complexity index is 568. The highest BCUT2D eigenvalue weighted by Crippen LogP contribution is 2.21. The Morgan fingerprint density at radius 3 is 2.89 bits per heavy atom. The van der Waals surface area contributed by atoms with Gasteiger partial charge in [-0.1, -0.05) is 0 Å². The van der Waals surface area contributed by atoms with Gasteiger partial charge >= 0.3 is 6.01 Å². The van der Waals surface area contributed by atoms with Gasteiger partial charge in [0, 0.05) is 30.5 Å². The van der Waals surface area contributed by atoms with Gasteiger partial charge in [0.05, 0.1) is 25.8 Å². The topological polar surface area (TPSA) is 53.5 Å². The quantitative estimate of drug-likeness (QED) is 0.846. The summed E-state index contributed by atoms with van der Waals surface area (Å²) in [5, 5.41) is 0.972. The molecule has 1 aliphatic rings. The Hall–Kier alpha value is -1.88. The van der Waals surface area contributed by atoms with Crippen LogP contribution in [0.5, 0.6) is 11.8 Å². The van der Waals surface area contributed by atoms with E-state index in [0.29, 0.717) is 6.01 Å². The summed E-state index contributed by atoms with van der Waals surface area (Å²) in [4.78, 5) is 8.67. The molecule has 0 bridgehead atoms. The number of hydrogen-bond acceptors (Lipinski definition) is 5. The zero-order valence-electron chi connectivity index (χ0n) is 10.8. The third-order valence-electron chi connectivity index (χ3n) is 3.21. The van der Waals surface area contributed by atoms with Crippen LogP contribution in [0.3, 0.4) is 0 Å². The summed E-state index contributed by atoms with van der Waals surface area (Å²) in [5.74, 6) is 0.781. The molecule has 2 heterocycles. The molecule has 1 aromatic heterocycles. The molecule has 1 fully saturated rings. The van der Waals surface area contributed by atoms with Crippen molar-refractivity contribution in [2.75, 3.05) is 20.3 Å². The van der Waals surface area contributed by atoms with Gasteiger partial charge in [-0.15, -0.1) is 0 Å². The lowest BCUT2D eigenvalue weighted by atomic mass is 10.2. The maximum absolute atomic E-state index is 5.79. The summed E-state index contributed by atoms with van der Waals surface area (Å²) in [6, 6.07) is 6.14. The van der Waals surface area contributed by atoms with Crippen LogP contribution in [0.25, 0.3) is 10.9 Å². The third kappa shape index (κ3) is 2.76. The summed E-state index contributed by atoms with van der Waals surface area (Å²) < 4.78 is 16.3. The van der Waals surface area contributed by atoms with E-state index in [4.69, 9.17) is 14.2 Å². The predicted octanol–water partition coefficient (Wildman–Crippen LogP) is 2.20. The zero-order valence-corrected chi connectivity index (χ0v) is 10.8.